The maximum Gasteiger partial charge on any atom is 0.00951 e. The lowest BCUT2D eigenvalue weighted by Crippen LogP contribution is -2.33. The lowest BCUT2D eigenvalue weighted by atomic mass is 10.2. The smallest absolute Gasteiger partial charge is 0.00951 e. The SMILES string of the molecule is [CH2]CCN(CC)C1CCCC1. The molecule has 0 heterocycles. The van der Waals surface area contributed by atoms with Crippen molar-refractivity contribution >= 4 is 0 Å². The Labute approximate surface area is 70.8 Å². The van der Waals surface area contributed by atoms with Crippen LogP contribution >= 0.6 is 0 Å². The molecule has 0 N–H and O–H groups in total. The van der Waals surface area contributed by atoms with Crippen molar-refractivity contribution in [3.63, 3.8) is 0 Å². The molecule has 0 aromatic carbocycles. The number of rotatable bonds is 4. The van der Waals surface area contributed by atoms with Gasteiger partial charge in [-0.2, -0.15) is 0 Å². The van der Waals surface area contributed by atoms with E-state index in [1.165, 1.54) is 38.8 Å². The van der Waals surface area contributed by atoms with E-state index >= 15 is 0 Å². The Morgan fingerprint density at radius 3 is 2.45 bits per heavy atom. The van der Waals surface area contributed by atoms with Crippen LogP contribution < -0.4 is 0 Å². The average Bonchev–Trinajstić information content (AvgIpc) is 2.52. The van der Waals surface area contributed by atoms with E-state index in [2.05, 4.69) is 18.7 Å². The zero-order valence-corrected chi connectivity index (χ0v) is 7.68. The minimum atomic E-state index is 0.891. The number of hydrogen-bond donors (Lipinski definition) is 0. The summed E-state index contributed by atoms with van der Waals surface area (Å²) in [6.07, 6.45) is 6.79. The highest BCUT2D eigenvalue weighted by atomic mass is 15.1. The van der Waals surface area contributed by atoms with Crippen molar-refractivity contribution in [3.05, 3.63) is 6.92 Å². The van der Waals surface area contributed by atoms with Crippen molar-refractivity contribution in [1.29, 1.82) is 0 Å². The number of hydrogen-bond acceptors (Lipinski definition) is 1. The van der Waals surface area contributed by atoms with E-state index in [4.69, 9.17) is 0 Å². The molecule has 1 aliphatic carbocycles. The molecule has 1 fully saturated rings. The van der Waals surface area contributed by atoms with Gasteiger partial charge < -0.3 is 4.90 Å². The molecule has 0 unspecified atom stereocenters. The summed E-state index contributed by atoms with van der Waals surface area (Å²) in [6.45, 7) is 8.57. The summed E-state index contributed by atoms with van der Waals surface area (Å²) in [5.74, 6) is 0. The van der Waals surface area contributed by atoms with Gasteiger partial charge in [0.05, 0.1) is 0 Å². The van der Waals surface area contributed by atoms with Crippen molar-refractivity contribution in [2.45, 2.75) is 45.1 Å². The lowest BCUT2D eigenvalue weighted by molar-refractivity contribution is 0.212. The van der Waals surface area contributed by atoms with Crippen LogP contribution in [0, 0.1) is 6.92 Å². The maximum atomic E-state index is 3.90. The largest absolute Gasteiger partial charge is 0.301 e. The third kappa shape index (κ3) is 2.48. The average molecular weight is 154 g/mol. The Morgan fingerprint density at radius 1 is 1.36 bits per heavy atom. The number of nitrogens with zero attached hydrogens (tertiary/aromatic N) is 1. The Morgan fingerprint density at radius 2 is 2.00 bits per heavy atom. The Hall–Kier alpha value is -0.0400. The van der Waals surface area contributed by atoms with Crippen molar-refractivity contribution < 1.29 is 0 Å². The first-order valence-corrected chi connectivity index (χ1v) is 4.91. The molecule has 1 saturated carbocycles. The highest BCUT2D eigenvalue weighted by molar-refractivity contribution is 4.76. The van der Waals surface area contributed by atoms with Gasteiger partial charge in [0, 0.05) is 6.04 Å². The predicted molar refractivity (Wildman–Crippen MR) is 49.5 cm³/mol. The highest BCUT2D eigenvalue weighted by Crippen LogP contribution is 2.23. The van der Waals surface area contributed by atoms with E-state index in [0.717, 1.165) is 12.5 Å². The molecule has 1 aliphatic rings. The van der Waals surface area contributed by atoms with Gasteiger partial charge in [-0.3, -0.25) is 0 Å². The second-order valence-corrected chi connectivity index (χ2v) is 3.42. The normalized spacial score (nSPS) is 19.9. The van der Waals surface area contributed by atoms with E-state index in [9.17, 15) is 0 Å². The molecule has 0 aliphatic heterocycles. The molecule has 0 saturated heterocycles. The Balaban J connectivity index is 2.27. The second kappa shape index (κ2) is 4.76. The summed E-state index contributed by atoms with van der Waals surface area (Å²) in [4.78, 5) is 2.58. The molecule has 1 nitrogen and oxygen atoms in total. The van der Waals surface area contributed by atoms with Crippen LogP contribution in [0.4, 0.5) is 0 Å². The molecule has 0 bridgehead atoms. The maximum absolute atomic E-state index is 3.90. The van der Waals surface area contributed by atoms with Gasteiger partial charge >= 0.3 is 0 Å². The fraction of sp³-hybridized carbons (Fsp3) is 0.900. The van der Waals surface area contributed by atoms with Gasteiger partial charge in [-0.05, 0) is 32.4 Å². The molecule has 11 heavy (non-hydrogen) atoms. The summed E-state index contributed by atoms with van der Waals surface area (Å²) >= 11 is 0. The van der Waals surface area contributed by atoms with Crippen LogP contribution in [0.2, 0.25) is 0 Å². The first-order valence-electron chi connectivity index (χ1n) is 4.91. The summed E-state index contributed by atoms with van der Waals surface area (Å²) < 4.78 is 0. The zero-order valence-electron chi connectivity index (χ0n) is 7.68. The molecule has 0 amide bonds. The van der Waals surface area contributed by atoms with Crippen LogP contribution in [-0.4, -0.2) is 24.0 Å². The van der Waals surface area contributed by atoms with Crippen LogP contribution in [0.25, 0.3) is 0 Å². The fourth-order valence-electron chi connectivity index (χ4n) is 2.07. The molecule has 1 radical (unpaired) electrons. The molecule has 0 atom stereocenters. The molecular weight excluding hydrogens is 134 g/mol. The summed E-state index contributed by atoms with van der Waals surface area (Å²) in [6, 6.07) is 0.891. The summed E-state index contributed by atoms with van der Waals surface area (Å²) in [5.41, 5.74) is 0. The third-order valence-corrected chi connectivity index (χ3v) is 2.69. The summed E-state index contributed by atoms with van der Waals surface area (Å²) in [5, 5.41) is 0. The predicted octanol–water partition coefficient (Wildman–Crippen LogP) is 2.48. The Kier molecular flexibility index (Phi) is 3.92. The monoisotopic (exact) mass is 154 g/mol. The van der Waals surface area contributed by atoms with Gasteiger partial charge in [0.25, 0.3) is 0 Å². The fourth-order valence-corrected chi connectivity index (χ4v) is 2.07. The van der Waals surface area contributed by atoms with Gasteiger partial charge in [0.15, 0.2) is 0 Å². The van der Waals surface area contributed by atoms with Gasteiger partial charge in [0.2, 0.25) is 0 Å². The van der Waals surface area contributed by atoms with Crippen LogP contribution in [-0.2, 0) is 0 Å². The van der Waals surface area contributed by atoms with E-state index in [0.29, 0.717) is 0 Å². The first-order chi connectivity index (χ1) is 5.38. The highest BCUT2D eigenvalue weighted by Gasteiger charge is 2.19. The van der Waals surface area contributed by atoms with Crippen LogP contribution in [0.5, 0.6) is 0 Å². The van der Waals surface area contributed by atoms with Crippen LogP contribution in [0.15, 0.2) is 0 Å². The van der Waals surface area contributed by atoms with Gasteiger partial charge in [-0.1, -0.05) is 26.7 Å². The van der Waals surface area contributed by atoms with Crippen LogP contribution in [0.3, 0.4) is 0 Å². The van der Waals surface area contributed by atoms with Gasteiger partial charge in [-0.25, -0.2) is 0 Å². The zero-order chi connectivity index (χ0) is 8.10. The Bertz CT molecular complexity index is 95.0. The van der Waals surface area contributed by atoms with E-state index in [1.54, 1.807) is 0 Å². The molecule has 1 rings (SSSR count). The standard InChI is InChI=1S/C10H20N/c1-3-9-11(4-2)10-7-5-6-8-10/h10H,1,3-9H2,2H3. The second-order valence-electron chi connectivity index (χ2n) is 3.42. The van der Waals surface area contributed by atoms with Crippen LogP contribution in [0.1, 0.15) is 39.0 Å². The van der Waals surface area contributed by atoms with E-state index in [-0.39, 0.29) is 0 Å². The van der Waals surface area contributed by atoms with Gasteiger partial charge in [0.1, 0.15) is 0 Å². The molecule has 0 aromatic heterocycles. The summed E-state index contributed by atoms with van der Waals surface area (Å²) in [7, 11) is 0. The quantitative estimate of drug-likeness (QED) is 0.601. The van der Waals surface area contributed by atoms with Crippen molar-refractivity contribution in [3.8, 4) is 0 Å². The van der Waals surface area contributed by atoms with Crippen molar-refractivity contribution in [1.82, 2.24) is 4.90 Å². The first kappa shape index (κ1) is 9.05. The minimum Gasteiger partial charge on any atom is -0.301 e. The minimum absolute atomic E-state index is 0.891. The van der Waals surface area contributed by atoms with Gasteiger partial charge in [-0.15, -0.1) is 0 Å². The molecule has 65 valence electrons. The molecule has 0 spiro atoms. The molecule has 1 heteroatoms. The molecule has 0 aromatic rings. The van der Waals surface area contributed by atoms with E-state index in [1.807, 2.05) is 0 Å². The lowest BCUT2D eigenvalue weighted by Gasteiger charge is -2.26. The van der Waals surface area contributed by atoms with Crippen molar-refractivity contribution in [2.24, 2.45) is 0 Å². The molecular formula is C10H20N. The third-order valence-electron chi connectivity index (χ3n) is 2.69. The topological polar surface area (TPSA) is 3.24 Å². The van der Waals surface area contributed by atoms with Crippen molar-refractivity contribution in [2.75, 3.05) is 13.1 Å². The van der Waals surface area contributed by atoms with E-state index < -0.39 is 0 Å².